The van der Waals surface area contributed by atoms with Crippen LogP contribution in [0.1, 0.15) is 16.9 Å². The van der Waals surface area contributed by atoms with E-state index in [1.54, 1.807) is 13.4 Å². The minimum Gasteiger partial charge on any atom is -0.493 e. The van der Waals surface area contributed by atoms with Crippen LogP contribution < -0.4 is 14.8 Å². The molecule has 1 aromatic heterocycles. The van der Waals surface area contributed by atoms with Gasteiger partial charge < -0.3 is 29.4 Å². The smallest absolute Gasteiger partial charge is 0.414 e. The minimum atomic E-state index is -1.82. The van der Waals surface area contributed by atoms with Gasteiger partial charge in [-0.3, -0.25) is 0 Å². The molecule has 158 valence electrons. The molecule has 2 aromatic carbocycles. The molecule has 3 N–H and O–H groups in total. The molecule has 0 bridgehead atoms. The van der Waals surface area contributed by atoms with Gasteiger partial charge in [0, 0.05) is 6.54 Å². The number of rotatable bonds is 8. The Hall–Kier alpha value is -3.78. The quantitative estimate of drug-likeness (QED) is 0.482. The van der Waals surface area contributed by atoms with Gasteiger partial charge in [0.2, 0.25) is 0 Å². The molecule has 0 aliphatic carbocycles. The van der Waals surface area contributed by atoms with Crippen LogP contribution >= 0.6 is 0 Å². The van der Waals surface area contributed by atoms with E-state index in [1.165, 1.54) is 0 Å². The van der Waals surface area contributed by atoms with Gasteiger partial charge in [0.15, 0.2) is 11.5 Å². The number of ether oxygens (including phenoxy) is 2. The second-order valence-electron chi connectivity index (χ2n) is 6.05. The molecule has 0 aliphatic heterocycles. The average molecular weight is 413 g/mol. The van der Waals surface area contributed by atoms with Gasteiger partial charge in [-0.05, 0) is 35.4 Å². The second-order valence-corrected chi connectivity index (χ2v) is 6.05. The number of carboxylic acid groups (broad SMARTS) is 2. The van der Waals surface area contributed by atoms with E-state index >= 15 is 0 Å². The number of nitrogens with one attached hydrogen (secondary N) is 1. The number of aliphatic carboxylic acids is 2. The third-order valence-corrected chi connectivity index (χ3v) is 3.86. The summed E-state index contributed by atoms with van der Waals surface area (Å²) in [5.74, 6) is -1.24. The fraction of sp³-hybridized carbons (Fsp3) is 0.182. The molecule has 8 nitrogen and oxygen atoms in total. The average Bonchev–Trinajstić information content (AvgIpc) is 3.27. The number of hydrogen-bond donors (Lipinski definition) is 3. The van der Waals surface area contributed by atoms with Gasteiger partial charge in [0.25, 0.3) is 0 Å². The third-order valence-electron chi connectivity index (χ3n) is 3.86. The molecule has 0 amide bonds. The number of benzene rings is 2. The molecule has 8 heteroatoms. The minimum absolute atomic E-state index is 0.514. The van der Waals surface area contributed by atoms with E-state index < -0.39 is 11.9 Å². The molecule has 3 aromatic rings. The van der Waals surface area contributed by atoms with Crippen LogP contribution in [-0.4, -0.2) is 29.3 Å². The molecule has 0 unspecified atom stereocenters. The summed E-state index contributed by atoms with van der Waals surface area (Å²) < 4.78 is 16.6. The van der Waals surface area contributed by atoms with Crippen LogP contribution in [0.5, 0.6) is 11.5 Å². The first-order chi connectivity index (χ1) is 14.5. The molecule has 3 rings (SSSR count). The predicted molar refractivity (Wildman–Crippen MR) is 108 cm³/mol. The molecule has 0 saturated heterocycles. The summed E-state index contributed by atoms with van der Waals surface area (Å²) >= 11 is 0. The standard InChI is InChI=1S/C20H21NO3.C2H2O4/c1-22-19-10-9-17(13-21-14-18-8-5-11-23-18)12-20(19)24-15-16-6-3-2-4-7-16;3-1(4)2(5)6/h2-12,21H,13-15H2,1H3;(H,3,4)(H,5,6). The molecule has 0 spiro atoms. The number of methoxy groups -OCH3 is 1. The van der Waals surface area contributed by atoms with E-state index in [4.69, 9.17) is 33.7 Å². The largest absolute Gasteiger partial charge is 0.493 e. The zero-order valence-electron chi connectivity index (χ0n) is 16.4. The molecular formula is C22H23NO7. The predicted octanol–water partition coefficient (Wildman–Crippen LogP) is 3.31. The number of hydrogen-bond acceptors (Lipinski definition) is 6. The monoisotopic (exact) mass is 413 g/mol. The Morgan fingerprint density at radius 3 is 2.23 bits per heavy atom. The summed E-state index contributed by atoms with van der Waals surface area (Å²) in [5.41, 5.74) is 2.26. The summed E-state index contributed by atoms with van der Waals surface area (Å²) in [5, 5.41) is 18.1. The first-order valence-corrected chi connectivity index (χ1v) is 9.02. The Morgan fingerprint density at radius 1 is 0.900 bits per heavy atom. The van der Waals surface area contributed by atoms with E-state index in [2.05, 4.69) is 5.32 Å². The molecular weight excluding hydrogens is 390 g/mol. The van der Waals surface area contributed by atoms with Crippen molar-refractivity contribution in [3.05, 3.63) is 83.8 Å². The number of carboxylic acids is 2. The van der Waals surface area contributed by atoms with Crippen molar-refractivity contribution in [1.29, 1.82) is 0 Å². The van der Waals surface area contributed by atoms with Crippen LogP contribution in [0.4, 0.5) is 0 Å². The lowest BCUT2D eigenvalue weighted by Crippen LogP contribution is -2.12. The van der Waals surface area contributed by atoms with Crippen molar-refractivity contribution in [2.75, 3.05) is 7.11 Å². The zero-order valence-corrected chi connectivity index (χ0v) is 16.4. The summed E-state index contributed by atoms with van der Waals surface area (Å²) in [6.07, 6.45) is 1.68. The van der Waals surface area contributed by atoms with Gasteiger partial charge in [-0.15, -0.1) is 0 Å². The lowest BCUT2D eigenvalue weighted by Gasteiger charge is -2.13. The number of carbonyl (C=O) groups is 2. The Labute approximate surface area is 173 Å². The van der Waals surface area contributed by atoms with Crippen LogP contribution in [0.2, 0.25) is 0 Å². The zero-order chi connectivity index (χ0) is 21.8. The summed E-state index contributed by atoms with van der Waals surface area (Å²) in [6.45, 7) is 1.94. The van der Waals surface area contributed by atoms with Crippen molar-refractivity contribution in [2.24, 2.45) is 0 Å². The molecule has 0 atom stereocenters. The molecule has 0 radical (unpaired) electrons. The van der Waals surface area contributed by atoms with Crippen molar-refractivity contribution in [2.45, 2.75) is 19.7 Å². The molecule has 0 saturated carbocycles. The second kappa shape index (κ2) is 11.9. The summed E-state index contributed by atoms with van der Waals surface area (Å²) in [7, 11) is 1.65. The Balaban J connectivity index is 0.000000469. The van der Waals surface area contributed by atoms with Crippen molar-refractivity contribution < 1.29 is 33.7 Å². The normalized spacial score (nSPS) is 9.90. The molecule has 1 heterocycles. The Morgan fingerprint density at radius 2 is 1.63 bits per heavy atom. The van der Waals surface area contributed by atoms with Gasteiger partial charge in [0.05, 0.1) is 19.9 Å². The van der Waals surface area contributed by atoms with Crippen molar-refractivity contribution in [3.63, 3.8) is 0 Å². The molecule has 30 heavy (non-hydrogen) atoms. The van der Waals surface area contributed by atoms with Crippen LogP contribution in [0, 0.1) is 0 Å². The van der Waals surface area contributed by atoms with Crippen molar-refractivity contribution in [1.82, 2.24) is 5.32 Å². The maximum Gasteiger partial charge on any atom is 0.414 e. The van der Waals surface area contributed by atoms with Gasteiger partial charge in [0.1, 0.15) is 12.4 Å². The van der Waals surface area contributed by atoms with E-state index in [9.17, 15) is 0 Å². The van der Waals surface area contributed by atoms with Crippen LogP contribution in [-0.2, 0) is 29.3 Å². The van der Waals surface area contributed by atoms with Crippen molar-refractivity contribution >= 4 is 11.9 Å². The fourth-order valence-corrected chi connectivity index (χ4v) is 2.42. The van der Waals surface area contributed by atoms with E-state index in [0.29, 0.717) is 13.2 Å². The highest BCUT2D eigenvalue weighted by Crippen LogP contribution is 2.29. The van der Waals surface area contributed by atoms with E-state index in [-0.39, 0.29) is 0 Å². The van der Waals surface area contributed by atoms with Crippen LogP contribution in [0.15, 0.2) is 71.3 Å². The summed E-state index contributed by atoms with van der Waals surface area (Å²) in [4.78, 5) is 18.2. The molecule has 0 aliphatic rings. The van der Waals surface area contributed by atoms with Gasteiger partial charge >= 0.3 is 11.9 Å². The van der Waals surface area contributed by atoms with E-state index in [1.807, 2.05) is 60.7 Å². The van der Waals surface area contributed by atoms with Crippen LogP contribution in [0.25, 0.3) is 0 Å². The van der Waals surface area contributed by atoms with E-state index in [0.717, 1.165) is 34.9 Å². The van der Waals surface area contributed by atoms with Gasteiger partial charge in [-0.1, -0.05) is 36.4 Å². The SMILES string of the molecule is COc1ccc(CNCc2ccco2)cc1OCc1ccccc1.O=C(O)C(=O)O. The molecule has 0 fully saturated rings. The maximum absolute atomic E-state index is 9.10. The maximum atomic E-state index is 9.10. The first kappa shape index (κ1) is 22.5. The highest BCUT2D eigenvalue weighted by atomic mass is 16.5. The highest BCUT2D eigenvalue weighted by molar-refractivity contribution is 6.27. The van der Waals surface area contributed by atoms with Crippen molar-refractivity contribution in [3.8, 4) is 11.5 Å². The Bertz CT molecular complexity index is 912. The topological polar surface area (TPSA) is 118 Å². The third kappa shape index (κ3) is 7.69. The lowest BCUT2D eigenvalue weighted by molar-refractivity contribution is -0.159. The Kier molecular flexibility index (Phi) is 8.95. The highest BCUT2D eigenvalue weighted by Gasteiger charge is 2.07. The fourth-order valence-electron chi connectivity index (χ4n) is 2.42. The van der Waals surface area contributed by atoms with Gasteiger partial charge in [-0.2, -0.15) is 0 Å². The van der Waals surface area contributed by atoms with Gasteiger partial charge in [-0.25, -0.2) is 9.59 Å². The number of furan rings is 1. The summed E-state index contributed by atoms with van der Waals surface area (Å²) in [6, 6.07) is 19.9. The first-order valence-electron chi connectivity index (χ1n) is 9.02. The lowest BCUT2D eigenvalue weighted by atomic mass is 10.2. The van der Waals surface area contributed by atoms with Crippen LogP contribution in [0.3, 0.4) is 0 Å².